The summed E-state index contributed by atoms with van der Waals surface area (Å²) in [5.74, 6) is 0. The maximum absolute atomic E-state index is 11.7. The molecule has 1 nitrogen and oxygen atoms in total. The summed E-state index contributed by atoms with van der Waals surface area (Å²) >= 11 is 1.42. The average molecular weight is 192 g/mol. The quantitative estimate of drug-likeness (QED) is 0.712. The van der Waals surface area contributed by atoms with Crippen LogP contribution in [0.4, 0.5) is 8.78 Å². The minimum absolute atomic E-state index is 0.510. The van der Waals surface area contributed by atoms with Gasteiger partial charge in [0.1, 0.15) is 6.61 Å². The predicted octanol–water partition coefficient (Wildman–Crippen LogP) is 2.95. The molecule has 1 aromatic rings. The number of thiophene rings is 1. The van der Waals surface area contributed by atoms with Crippen LogP contribution in [-0.2, 0) is 6.42 Å². The Labute approximate surface area is 74.0 Å². The molecule has 0 unspecified atom stereocenters. The van der Waals surface area contributed by atoms with Crippen molar-refractivity contribution in [1.29, 1.82) is 0 Å². The van der Waals surface area contributed by atoms with Crippen molar-refractivity contribution >= 4 is 11.3 Å². The number of alkyl halides is 2. The van der Waals surface area contributed by atoms with Gasteiger partial charge in [0.2, 0.25) is 0 Å². The summed E-state index contributed by atoms with van der Waals surface area (Å²) in [6.07, 6.45) is -1.47. The van der Waals surface area contributed by atoms with Crippen molar-refractivity contribution in [2.24, 2.45) is 0 Å². The third-order valence-electron chi connectivity index (χ3n) is 1.34. The van der Waals surface area contributed by atoms with E-state index in [0.29, 0.717) is 5.06 Å². The lowest BCUT2D eigenvalue weighted by atomic mass is 10.4. The Morgan fingerprint density at radius 2 is 2.25 bits per heavy atom. The highest BCUT2D eigenvalue weighted by Gasteiger charge is 2.04. The highest BCUT2D eigenvalue weighted by atomic mass is 32.1. The molecule has 4 heteroatoms. The van der Waals surface area contributed by atoms with Crippen molar-refractivity contribution in [3.63, 3.8) is 0 Å². The van der Waals surface area contributed by atoms with Crippen molar-refractivity contribution in [3.8, 4) is 5.06 Å². The van der Waals surface area contributed by atoms with E-state index in [9.17, 15) is 8.78 Å². The summed E-state index contributed by atoms with van der Waals surface area (Å²) in [6.45, 7) is 1.51. The number of hydrogen-bond donors (Lipinski definition) is 0. The monoisotopic (exact) mass is 192 g/mol. The second kappa shape index (κ2) is 4.40. The lowest BCUT2D eigenvalue weighted by Gasteiger charge is -2.00. The van der Waals surface area contributed by atoms with Crippen LogP contribution in [0.5, 0.6) is 5.06 Å². The molecule has 0 aliphatic carbocycles. The lowest BCUT2D eigenvalue weighted by Crippen LogP contribution is -2.05. The van der Waals surface area contributed by atoms with E-state index in [1.165, 1.54) is 11.3 Å². The van der Waals surface area contributed by atoms with Gasteiger partial charge in [0.25, 0.3) is 6.43 Å². The summed E-state index contributed by atoms with van der Waals surface area (Å²) in [7, 11) is 0. The van der Waals surface area contributed by atoms with Crippen molar-refractivity contribution in [2.75, 3.05) is 6.61 Å². The van der Waals surface area contributed by atoms with Gasteiger partial charge in [-0.25, -0.2) is 8.78 Å². The Hall–Kier alpha value is -0.640. The Kier molecular flexibility index (Phi) is 3.47. The minimum atomic E-state index is -2.39. The van der Waals surface area contributed by atoms with Crippen LogP contribution in [0.25, 0.3) is 0 Å². The first-order chi connectivity index (χ1) is 5.72. The van der Waals surface area contributed by atoms with Gasteiger partial charge in [-0.15, -0.1) is 11.3 Å². The Morgan fingerprint density at radius 1 is 1.50 bits per heavy atom. The maximum atomic E-state index is 11.7. The van der Waals surface area contributed by atoms with Crippen molar-refractivity contribution in [2.45, 2.75) is 19.8 Å². The SMILES string of the molecule is CCc1ccc(OCC(F)F)s1. The Morgan fingerprint density at radius 3 is 2.75 bits per heavy atom. The summed E-state index contributed by atoms with van der Waals surface area (Å²) in [5, 5.41) is 0.576. The molecule has 1 rings (SSSR count). The van der Waals surface area contributed by atoms with E-state index in [-0.39, 0.29) is 0 Å². The fourth-order valence-corrected chi connectivity index (χ4v) is 1.57. The van der Waals surface area contributed by atoms with Gasteiger partial charge in [-0.3, -0.25) is 0 Å². The molecule has 0 aromatic carbocycles. The smallest absolute Gasteiger partial charge is 0.272 e. The molecule has 0 saturated heterocycles. The van der Waals surface area contributed by atoms with Crippen LogP contribution in [0.1, 0.15) is 11.8 Å². The predicted molar refractivity (Wildman–Crippen MR) is 45.2 cm³/mol. The summed E-state index contributed by atoms with van der Waals surface area (Å²) in [4.78, 5) is 1.15. The Balaban J connectivity index is 2.41. The van der Waals surface area contributed by atoms with Gasteiger partial charge < -0.3 is 4.74 Å². The fraction of sp³-hybridized carbons (Fsp3) is 0.500. The lowest BCUT2D eigenvalue weighted by molar-refractivity contribution is 0.0838. The van der Waals surface area contributed by atoms with Crippen molar-refractivity contribution in [3.05, 3.63) is 17.0 Å². The fourth-order valence-electron chi connectivity index (χ4n) is 0.771. The molecule has 1 aromatic heterocycles. The van der Waals surface area contributed by atoms with Crippen molar-refractivity contribution < 1.29 is 13.5 Å². The number of aryl methyl sites for hydroxylation is 1. The first kappa shape index (κ1) is 9.45. The second-order valence-corrected chi connectivity index (χ2v) is 3.41. The van der Waals surface area contributed by atoms with E-state index >= 15 is 0 Å². The molecule has 0 atom stereocenters. The molecule has 12 heavy (non-hydrogen) atoms. The van der Waals surface area contributed by atoms with Crippen molar-refractivity contribution in [1.82, 2.24) is 0 Å². The van der Waals surface area contributed by atoms with Gasteiger partial charge in [0, 0.05) is 4.88 Å². The number of rotatable bonds is 4. The molecular formula is C8H10F2OS. The summed E-state index contributed by atoms with van der Waals surface area (Å²) in [5.41, 5.74) is 0. The van der Waals surface area contributed by atoms with E-state index in [0.717, 1.165) is 11.3 Å². The normalized spacial score (nSPS) is 10.7. The standard InChI is InChI=1S/C8H10F2OS/c1-2-6-3-4-8(12-6)11-5-7(9)10/h3-4,7H,2,5H2,1H3. The molecule has 0 radical (unpaired) electrons. The van der Waals surface area contributed by atoms with Gasteiger partial charge >= 0.3 is 0 Å². The molecule has 1 heterocycles. The molecule has 0 N–H and O–H groups in total. The van der Waals surface area contributed by atoms with Crippen LogP contribution in [0.2, 0.25) is 0 Å². The van der Waals surface area contributed by atoms with Crippen LogP contribution in [-0.4, -0.2) is 13.0 Å². The van der Waals surface area contributed by atoms with Gasteiger partial charge in [-0.1, -0.05) is 6.92 Å². The van der Waals surface area contributed by atoms with Gasteiger partial charge in [0.15, 0.2) is 5.06 Å². The molecule has 0 spiro atoms. The molecule has 0 amide bonds. The largest absolute Gasteiger partial charge is 0.478 e. The zero-order chi connectivity index (χ0) is 8.97. The third-order valence-corrected chi connectivity index (χ3v) is 2.48. The third kappa shape index (κ3) is 2.77. The first-order valence-corrected chi connectivity index (χ1v) is 4.53. The average Bonchev–Trinajstić information content (AvgIpc) is 2.48. The molecule has 0 aliphatic rings. The molecule has 68 valence electrons. The molecule has 0 saturated carbocycles. The van der Waals surface area contributed by atoms with Crippen LogP contribution < -0.4 is 4.74 Å². The second-order valence-electron chi connectivity index (χ2n) is 2.28. The molecule has 0 aliphatic heterocycles. The van der Waals surface area contributed by atoms with Gasteiger partial charge in [-0.2, -0.15) is 0 Å². The topological polar surface area (TPSA) is 9.23 Å². The van der Waals surface area contributed by atoms with Crippen LogP contribution in [0.3, 0.4) is 0 Å². The summed E-state index contributed by atoms with van der Waals surface area (Å²) < 4.78 is 28.2. The van der Waals surface area contributed by atoms with Crippen LogP contribution in [0.15, 0.2) is 12.1 Å². The van der Waals surface area contributed by atoms with Gasteiger partial charge in [0.05, 0.1) is 0 Å². The summed E-state index contributed by atoms with van der Waals surface area (Å²) in [6, 6.07) is 3.62. The number of ether oxygens (including phenoxy) is 1. The van der Waals surface area contributed by atoms with E-state index in [1.807, 2.05) is 13.0 Å². The zero-order valence-electron chi connectivity index (χ0n) is 6.72. The minimum Gasteiger partial charge on any atom is -0.478 e. The van der Waals surface area contributed by atoms with E-state index in [4.69, 9.17) is 4.74 Å². The van der Waals surface area contributed by atoms with Gasteiger partial charge in [-0.05, 0) is 18.6 Å². The maximum Gasteiger partial charge on any atom is 0.272 e. The van der Waals surface area contributed by atoms with Crippen LogP contribution in [0, 0.1) is 0 Å². The van der Waals surface area contributed by atoms with E-state index < -0.39 is 13.0 Å². The first-order valence-electron chi connectivity index (χ1n) is 3.72. The Bertz CT molecular complexity index is 235. The zero-order valence-corrected chi connectivity index (χ0v) is 7.54. The molecular weight excluding hydrogens is 182 g/mol. The number of hydrogen-bond acceptors (Lipinski definition) is 2. The highest BCUT2D eigenvalue weighted by molar-refractivity contribution is 7.13. The molecule has 0 fully saturated rings. The highest BCUT2D eigenvalue weighted by Crippen LogP contribution is 2.24. The number of halogens is 2. The van der Waals surface area contributed by atoms with E-state index in [2.05, 4.69) is 0 Å². The molecule has 0 bridgehead atoms. The van der Waals surface area contributed by atoms with Crippen LogP contribution >= 0.6 is 11.3 Å². The van der Waals surface area contributed by atoms with E-state index in [1.54, 1.807) is 6.07 Å².